The fourth-order valence-electron chi connectivity index (χ4n) is 2.24. The lowest BCUT2D eigenvalue weighted by Gasteiger charge is -2.06. The van der Waals surface area contributed by atoms with Crippen LogP contribution in [0.1, 0.15) is 11.1 Å². The van der Waals surface area contributed by atoms with E-state index in [4.69, 9.17) is 0 Å². The maximum absolute atomic E-state index is 4.45. The van der Waals surface area contributed by atoms with Crippen LogP contribution in [-0.2, 0) is 6.42 Å². The van der Waals surface area contributed by atoms with Crippen LogP contribution in [0.25, 0.3) is 11.3 Å². The Hall–Kier alpha value is -1.83. The van der Waals surface area contributed by atoms with Gasteiger partial charge >= 0.3 is 0 Å². The SMILES string of the molecule is Cc1cccnc1-c1ccc2c(c1)CCN2. The van der Waals surface area contributed by atoms with E-state index >= 15 is 0 Å². The number of aryl methyl sites for hydroxylation is 1. The molecule has 2 heteroatoms. The summed E-state index contributed by atoms with van der Waals surface area (Å²) >= 11 is 0. The van der Waals surface area contributed by atoms with Gasteiger partial charge in [-0.2, -0.15) is 0 Å². The van der Waals surface area contributed by atoms with Crippen molar-refractivity contribution >= 4 is 5.69 Å². The molecule has 16 heavy (non-hydrogen) atoms. The summed E-state index contributed by atoms with van der Waals surface area (Å²) in [4.78, 5) is 4.45. The van der Waals surface area contributed by atoms with Crippen LogP contribution < -0.4 is 5.32 Å². The molecule has 2 nitrogen and oxygen atoms in total. The van der Waals surface area contributed by atoms with Crippen molar-refractivity contribution in [2.45, 2.75) is 13.3 Å². The van der Waals surface area contributed by atoms with E-state index in [1.165, 1.54) is 22.4 Å². The number of anilines is 1. The van der Waals surface area contributed by atoms with Gasteiger partial charge in [-0.1, -0.05) is 12.1 Å². The van der Waals surface area contributed by atoms with Gasteiger partial charge in [-0.15, -0.1) is 0 Å². The largest absolute Gasteiger partial charge is 0.384 e. The van der Waals surface area contributed by atoms with Gasteiger partial charge in [-0.05, 0) is 42.7 Å². The maximum Gasteiger partial charge on any atom is 0.0731 e. The van der Waals surface area contributed by atoms with Gasteiger partial charge in [0.25, 0.3) is 0 Å². The molecular weight excluding hydrogens is 196 g/mol. The van der Waals surface area contributed by atoms with Gasteiger partial charge < -0.3 is 5.32 Å². The summed E-state index contributed by atoms with van der Waals surface area (Å²) in [7, 11) is 0. The second kappa shape index (κ2) is 3.63. The van der Waals surface area contributed by atoms with Crippen molar-refractivity contribution in [3.05, 3.63) is 47.7 Å². The summed E-state index contributed by atoms with van der Waals surface area (Å²) in [5.74, 6) is 0. The summed E-state index contributed by atoms with van der Waals surface area (Å²) in [6.07, 6.45) is 2.98. The molecule has 0 saturated carbocycles. The van der Waals surface area contributed by atoms with Crippen LogP contribution in [0.5, 0.6) is 0 Å². The lowest BCUT2D eigenvalue weighted by Crippen LogP contribution is -1.90. The molecule has 1 aliphatic heterocycles. The zero-order valence-electron chi connectivity index (χ0n) is 9.33. The number of rotatable bonds is 1. The minimum atomic E-state index is 1.06. The number of aromatic nitrogens is 1. The van der Waals surface area contributed by atoms with E-state index in [1.807, 2.05) is 12.3 Å². The van der Waals surface area contributed by atoms with Gasteiger partial charge in [-0.3, -0.25) is 4.98 Å². The fourth-order valence-corrected chi connectivity index (χ4v) is 2.24. The predicted molar refractivity (Wildman–Crippen MR) is 66.6 cm³/mol. The van der Waals surface area contributed by atoms with E-state index in [0.29, 0.717) is 0 Å². The molecule has 1 aromatic carbocycles. The Morgan fingerprint density at radius 3 is 3.06 bits per heavy atom. The topological polar surface area (TPSA) is 24.9 Å². The van der Waals surface area contributed by atoms with E-state index in [0.717, 1.165) is 18.7 Å². The standard InChI is InChI=1S/C14H14N2/c1-10-3-2-7-16-14(10)12-4-5-13-11(9-12)6-8-15-13/h2-5,7,9,15H,6,8H2,1H3. The van der Waals surface area contributed by atoms with Gasteiger partial charge in [0, 0.05) is 24.0 Å². The molecule has 0 radical (unpaired) electrons. The van der Waals surface area contributed by atoms with Crippen molar-refractivity contribution in [2.75, 3.05) is 11.9 Å². The van der Waals surface area contributed by atoms with Gasteiger partial charge in [-0.25, -0.2) is 0 Å². The monoisotopic (exact) mass is 210 g/mol. The molecule has 1 N–H and O–H groups in total. The molecule has 80 valence electrons. The predicted octanol–water partition coefficient (Wildman–Crippen LogP) is 3.03. The highest BCUT2D eigenvalue weighted by Gasteiger charge is 2.11. The number of hydrogen-bond acceptors (Lipinski definition) is 2. The summed E-state index contributed by atoms with van der Waals surface area (Å²) in [6.45, 7) is 3.16. The normalized spacial score (nSPS) is 13.3. The van der Waals surface area contributed by atoms with Gasteiger partial charge in [0.05, 0.1) is 5.69 Å². The molecular formula is C14H14N2. The quantitative estimate of drug-likeness (QED) is 0.782. The third kappa shape index (κ3) is 1.47. The van der Waals surface area contributed by atoms with E-state index in [-0.39, 0.29) is 0 Å². The van der Waals surface area contributed by atoms with Crippen LogP contribution >= 0.6 is 0 Å². The summed E-state index contributed by atoms with van der Waals surface area (Å²) in [5.41, 5.74) is 6.23. The van der Waals surface area contributed by atoms with Gasteiger partial charge in [0.1, 0.15) is 0 Å². The highest BCUT2D eigenvalue weighted by Crippen LogP contribution is 2.28. The zero-order valence-corrected chi connectivity index (χ0v) is 9.33. The maximum atomic E-state index is 4.45. The first kappa shape index (κ1) is 9.40. The van der Waals surface area contributed by atoms with Crippen LogP contribution in [0.3, 0.4) is 0 Å². The van der Waals surface area contributed by atoms with Crippen molar-refractivity contribution in [1.29, 1.82) is 0 Å². The van der Waals surface area contributed by atoms with Crippen LogP contribution in [0.2, 0.25) is 0 Å². The minimum Gasteiger partial charge on any atom is -0.384 e. The first-order valence-corrected chi connectivity index (χ1v) is 5.63. The van der Waals surface area contributed by atoms with Gasteiger partial charge in [0.15, 0.2) is 0 Å². The smallest absolute Gasteiger partial charge is 0.0731 e. The van der Waals surface area contributed by atoms with Crippen molar-refractivity contribution in [2.24, 2.45) is 0 Å². The van der Waals surface area contributed by atoms with Crippen molar-refractivity contribution in [1.82, 2.24) is 4.98 Å². The Morgan fingerprint density at radius 2 is 2.19 bits per heavy atom. The average Bonchev–Trinajstić information content (AvgIpc) is 2.76. The summed E-state index contributed by atoms with van der Waals surface area (Å²) in [5, 5.41) is 3.37. The molecule has 0 amide bonds. The number of nitrogens with zero attached hydrogens (tertiary/aromatic N) is 1. The number of pyridine rings is 1. The Balaban J connectivity index is 2.11. The van der Waals surface area contributed by atoms with Crippen LogP contribution in [0.15, 0.2) is 36.5 Å². The summed E-state index contributed by atoms with van der Waals surface area (Å²) in [6, 6.07) is 10.6. The van der Waals surface area contributed by atoms with Crippen molar-refractivity contribution < 1.29 is 0 Å². The zero-order chi connectivity index (χ0) is 11.0. The third-order valence-corrected chi connectivity index (χ3v) is 3.10. The Morgan fingerprint density at radius 1 is 1.25 bits per heavy atom. The fraction of sp³-hybridized carbons (Fsp3) is 0.214. The molecule has 1 aliphatic rings. The second-order valence-corrected chi connectivity index (χ2v) is 4.22. The van der Waals surface area contributed by atoms with Crippen LogP contribution in [0, 0.1) is 6.92 Å². The molecule has 0 bridgehead atoms. The first-order valence-electron chi connectivity index (χ1n) is 5.63. The highest BCUT2D eigenvalue weighted by molar-refractivity contribution is 5.69. The molecule has 0 atom stereocenters. The van der Waals surface area contributed by atoms with Crippen LogP contribution in [0.4, 0.5) is 5.69 Å². The van der Waals surface area contributed by atoms with E-state index in [9.17, 15) is 0 Å². The Kier molecular flexibility index (Phi) is 2.13. The average molecular weight is 210 g/mol. The van der Waals surface area contributed by atoms with E-state index < -0.39 is 0 Å². The number of benzene rings is 1. The Labute approximate surface area is 95.3 Å². The lowest BCUT2D eigenvalue weighted by atomic mass is 10.0. The van der Waals surface area contributed by atoms with Crippen LogP contribution in [-0.4, -0.2) is 11.5 Å². The van der Waals surface area contributed by atoms with E-state index in [2.05, 4.69) is 41.5 Å². The minimum absolute atomic E-state index is 1.06. The lowest BCUT2D eigenvalue weighted by molar-refractivity contribution is 1.11. The second-order valence-electron chi connectivity index (χ2n) is 4.22. The molecule has 3 rings (SSSR count). The third-order valence-electron chi connectivity index (χ3n) is 3.10. The Bertz CT molecular complexity index is 532. The molecule has 0 aliphatic carbocycles. The van der Waals surface area contributed by atoms with Crippen molar-refractivity contribution in [3.8, 4) is 11.3 Å². The number of hydrogen-bond donors (Lipinski definition) is 1. The first-order chi connectivity index (χ1) is 7.84. The number of fused-ring (bicyclic) bond motifs is 1. The molecule has 0 fully saturated rings. The molecule has 2 heterocycles. The van der Waals surface area contributed by atoms with E-state index in [1.54, 1.807) is 0 Å². The van der Waals surface area contributed by atoms with Crippen molar-refractivity contribution in [3.63, 3.8) is 0 Å². The molecule has 2 aromatic rings. The molecule has 1 aromatic heterocycles. The molecule has 0 spiro atoms. The molecule has 0 saturated heterocycles. The highest BCUT2D eigenvalue weighted by atomic mass is 14.9. The molecule has 0 unspecified atom stereocenters. The number of nitrogens with one attached hydrogen (secondary N) is 1. The summed E-state index contributed by atoms with van der Waals surface area (Å²) < 4.78 is 0. The van der Waals surface area contributed by atoms with Gasteiger partial charge in [0.2, 0.25) is 0 Å².